The fraction of sp³-hybridized carbons (Fsp3) is 0.355. The molecule has 0 radical (unpaired) electrons. The molecule has 2 aliphatic rings. The van der Waals surface area contributed by atoms with Crippen LogP contribution in [-0.2, 0) is 22.6 Å². The van der Waals surface area contributed by atoms with Crippen molar-refractivity contribution in [3.05, 3.63) is 77.2 Å². The highest BCUT2D eigenvalue weighted by Crippen LogP contribution is 2.29. The van der Waals surface area contributed by atoms with E-state index in [1.807, 2.05) is 6.07 Å². The topological polar surface area (TPSA) is 128 Å². The van der Waals surface area contributed by atoms with E-state index in [2.05, 4.69) is 15.6 Å². The van der Waals surface area contributed by atoms with Gasteiger partial charge in [-0.3, -0.25) is 14.4 Å². The van der Waals surface area contributed by atoms with Crippen LogP contribution in [-0.4, -0.2) is 73.7 Å². The monoisotopic (exact) mass is 592 g/mol. The van der Waals surface area contributed by atoms with Crippen LogP contribution >= 0.6 is 0 Å². The number of carbonyl (C=O) groups is 3. The number of nitrogens with zero attached hydrogens (tertiary/aromatic N) is 2. The molecule has 43 heavy (non-hydrogen) atoms. The molecule has 2 aromatic carbocycles. The second-order valence-corrected chi connectivity index (χ2v) is 10.3. The zero-order valence-electron chi connectivity index (χ0n) is 23.9. The smallest absolute Gasteiger partial charge is 0.258 e. The molecule has 226 valence electrons. The molecule has 1 aromatic heterocycles. The van der Waals surface area contributed by atoms with Crippen molar-refractivity contribution in [2.75, 3.05) is 33.9 Å². The molecular formula is C31H33FN4O7. The normalized spacial score (nSPS) is 19.3. The Kier molecular flexibility index (Phi) is 9.23. The number of nitrogens with one attached hydrogen (secondary N) is 2. The number of benzene rings is 2. The Morgan fingerprint density at radius 1 is 1.02 bits per heavy atom. The summed E-state index contributed by atoms with van der Waals surface area (Å²) in [7, 11) is 2.99. The number of aryl methyl sites for hydroxylation is 1. The van der Waals surface area contributed by atoms with E-state index in [1.165, 1.54) is 32.5 Å². The summed E-state index contributed by atoms with van der Waals surface area (Å²) in [6, 6.07) is 12.1. The van der Waals surface area contributed by atoms with Gasteiger partial charge in [0.05, 0.1) is 25.8 Å². The van der Waals surface area contributed by atoms with Crippen LogP contribution in [0.15, 0.2) is 54.7 Å². The number of fused-ring (bicyclic) bond motifs is 5. The molecule has 2 atom stereocenters. The van der Waals surface area contributed by atoms with Gasteiger partial charge in [-0.15, -0.1) is 0 Å². The highest BCUT2D eigenvalue weighted by molar-refractivity contribution is 5.94. The maximum atomic E-state index is 14.6. The third-order valence-electron chi connectivity index (χ3n) is 7.31. The molecule has 4 bridgehead atoms. The van der Waals surface area contributed by atoms with Gasteiger partial charge in [0.15, 0.2) is 18.1 Å². The van der Waals surface area contributed by atoms with Gasteiger partial charge in [-0.2, -0.15) is 0 Å². The molecule has 3 aromatic rings. The minimum Gasteiger partial charge on any atom is -0.493 e. The Hall–Kier alpha value is -4.87. The van der Waals surface area contributed by atoms with Crippen molar-refractivity contribution >= 4 is 17.7 Å². The lowest BCUT2D eigenvalue weighted by molar-refractivity contribution is -0.125. The molecule has 1 saturated heterocycles. The lowest BCUT2D eigenvalue weighted by atomic mass is 10.0. The van der Waals surface area contributed by atoms with Crippen LogP contribution in [0.25, 0.3) is 0 Å². The molecule has 5 rings (SSSR count). The molecular weight excluding hydrogens is 559 g/mol. The van der Waals surface area contributed by atoms with Crippen LogP contribution in [0, 0.1) is 5.82 Å². The van der Waals surface area contributed by atoms with Gasteiger partial charge in [-0.1, -0.05) is 6.07 Å². The summed E-state index contributed by atoms with van der Waals surface area (Å²) in [4.78, 5) is 44.7. The van der Waals surface area contributed by atoms with Gasteiger partial charge in [-0.25, -0.2) is 9.37 Å². The van der Waals surface area contributed by atoms with Gasteiger partial charge >= 0.3 is 0 Å². The van der Waals surface area contributed by atoms with Crippen molar-refractivity contribution in [1.29, 1.82) is 0 Å². The number of amides is 3. The van der Waals surface area contributed by atoms with Crippen LogP contribution in [0.4, 0.5) is 4.39 Å². The van der Waals surface area contributed by atoms with Crippen molar-refractivity contribution < 1.29 is 37.7 Å². The van der Waals surface area contributed by atoms with Crippen LogP contribution in [0.5, 0.6) is 23.1 Å². The average molecular weight is 593 g/mol. The first kappa shape index (κ1) is 29.6. The van der Waals surface area contributed by atoms with Gasteiger partial charge in [0.25, 0.3) is 11.8 Å². The van der Waals surface area contributed by atoms with E-state index in [1.54, 1.807) is 35.2 Å². The minimum absolute atomic E-state index is 0.118. The summed E-state index contributed by atoms with van der Waals surface area (Å²) in [6.45, 7) is 0.260. The number of halogens is 1. The Bertz CT molecular complexity index is 1480. The summed E-state index contributed by atoms with van der Waals surface area (Å²) in [5.41, 5.74) is 1.73. The highest BCUT2D eigenvalue weighted by atomic mass is 19.1. The molecule has 1 fully saturated rings. The van der Waals surface area contributed by atoms with E-state index in [-0.39, 0.29) is 43.7 Å². The molecule has 3 amide bonds. The number of rotatable bonds is 3. The number of likely N-dealkylation sites (tertiary alicyclic amines) is 1. The van der Waals surface area contributed by atoms with Crippen LogP contribution < -0.4 is 29.6 Å². The maximum absolute atomic E-state index is 14.6. The zero-order chi connectivity index (χ0) is 30.3. The number of methoxy groups -OCH3 is 2. The molecule has 2 N–H and O–H groups in total. The first-order valence-electron chi connectivity index (χ1n) is 13.9. The van der Waals surface area contributed by atoms with E-state index in [0.29, 0.717) is 47.9 Å². The van der Waals surface area contributed by atoms with E-state index in [9.17, 15) is 18.8 Å². The number of carbonyl (C=O) groups excluding carboxylic acids is 3. The number of ether oxygens (including phenoxy) is 4. The third kappa shape index (κ3) is 7.51. The molecule has 11 nitrogen and oxygen atoms in total. The largest absolute Gasteiger partial charge is 0.493 e. The van der Waals surface area contributed by atoms with Crippen molar-refractivity contribution in [1.82, 2.24) is 20.5 Å². The first-order chi connectivity index (χ1) is 20.8. The van der Waals surface area contributed by atoms with Crippen LogP contribution in [0.3, 0.4) is 0 Å². The molecule has 0 unspecified atom stereocenters. The standard InChI is InChI=1S/C31H33FN4O7/c1-40-26-6-3-19-4-7-28(37)33-15-20-11-22(32)14-23(12-20)43-25-9-10-36(31(39)21-5-8-30(41-2)34-16-21)17-24(25)35-29(38)18-42-27(26)13-19/h3,5-6,8,11-14,16,24-25H,4,7,9-10,15,17-18H2,1-2H3,(H,33,37)(H,35,38)/t24-,25-/m1/s1. The molecule has 0 spiro atoms. The summed E-state index contributed by atoms with van der Waals surface area (Å²) in [5.74, 6) is 0.0312. The quantitative estimate of drug-likeness (QED) is 0.475. The van der Waals surface area contributed by atoms with Crippen molar-refractivity contribution in [2.45, 2.75) is 38.0 Å². The first-order valence-corrected chi connectivity index (χ1v) is 13.9. The number of aromatic nitrogens is 1. The predicted molar refractivity (Wildman–Crippen MR) is 153 cm³/mol. The number of piperidine rings is 1. The maximum Gasteiger partial charge on any atom is 0.258 e. The number of pyridine rings is 1. The second kappa shape index (κ2) is 13.4. The van der Waals surface area contributed by atoms with E-state index >= 15 is 0 Å². The fourth-order valence-electron chi connectivity index (χ4n) is 5.10. The Labute approximate surface area is 248 Å². The molecule has 0 saturated carbocycles. The van der Waals surface area contributed by atoms with Crippen molar-refractivity contribution in [3.63, 3.8) is 0 Å². The van der Waals surface area contributed by atoms with E-state index in [0.717, 1.165) is 5.56 Å². The van der Waals surface area contributed by atoms with Crippen molar-refractivity contribution in [2.24, 2.45) is 0 Å². The zero-order valence-corrected chi connectivity index (χ0v) is 23.9. The minimum atomic E-state index is -0.640. The van der Waals surface area contributed by atoms with Crippen LogP contribution in [0.2, 0.25) is 0 Å². The Morgan fingerprint density at radius 2 is 1.88 bits per heavy atom. The number of hydrogen-bond donors (Lipinski definition) is 2. The lowest BCUT2D eigenvalue weighted by Crippen LogP contribution is -2.58. The molecule has 12 heteroatoms. The molecule has 0 aliphatic carbocycles. The van der Waals surface area contributed by atoms with Crippen molar-refractivity contribution in [3.8, 4) is 23.1 Å². The SMILES string of the molecule is COc1ccc(C(=O)N2CC[C@H]3Oc4cc(F)cc(c4)CNC(=O)CCc4ccc(OC)c(c4)OCC(=O)N[C@@H]3C2)cn1. The average Bonchev–Trinajstić information content (AvgIpc) is 3.01. The number of hydrogen-bond acceptors (Lipinski definition) is 8. The molecule has 3 heterocycles. The van der Waals surface area contributed by atoms with Gasteiger partial charge in [0.1, 0.15) is 17.7 Å². The van der Waals surface area contributed by atoms with Gasteiger partial charge in [0.2, 0.25) is 11.8 Å². The van der Waals surface area contributed by atoms with Gasteiger partial charge in [0, 0.05) is 50.8 Å². The Morgan fingerprint density at radius 3 is 2.65 bits per heavy atom. The summed E-state index contributed by atoms with van der Waals surface area (Å²) in [5, 5.41) is 5.77. The lowest BCUT2D eigenvalue weighted by Gasteiger charge is -2.39. The Balaban J connectivity index is 1.40. The predicted octanol–water partition coefficient (Wildman–Crippen LogP) is 2.66. The second-order valence-electron chi connectivity index (χ2n) is 10.3. The van der Waals surface area contributed by atoms with Gasteiger partial charge < -0.3 is 34.5 Å². The third-order valence-corrected chi connectivity index (χ3v) is 7.31. The van der Waals surface area contributed by atoms with Crippen LogP contribution in [0.1, 0.15) is 34.3 Å². The summed E-state index contributed by atoms with van der Waals surface area (Å²) >= 11 is 0. The molecule has 2 aliphatic heterocycles. The van der Waals surface area contributed by atoms with E-state index < -0.39 is 23.9 Å². The van der Waals surface area contributed by atoms with Gasteiger partial charge in [-0.05, 0) is 47.9 Å². The van der Waals surface area contributed by atoms with E-state index in [4.69, 9.17) is 18.9 Å². The fourth-order valence-corrected chi connectivity index (χ4v) is 5.10. The summed E-state index contributed by atoms with van der Waals surface area (Å²) < 4.78 is 37.1. The summed E-state index contributed by atoms with van der Waals surface area (Å²) in [6.07, 6.45) is 1.85. The highest BCUT2D eigenvalue weighted by Gasteiger charge is 2.35.